The third-order valence-electron chi connectivity index (χ3n) is 4.47. The second kappa shape index (κ2) is 17.2. The summed E-state index contributed by atoms with van der Waals surface area (Å²) in [5.41, 5.74) is 3.43. The van der Waals surface area contributed by atoms with Crippen molar-refractivity contribution in [2.75, 3.05) is 26.3 Å². The van der Waals surface area contributed by atoms with Crippen molar-refractivity contribution in [1.82, 2.24) is 5.32 Å². The third-order valence-corrected chi connectivity index (χ3v) is 4.47. The van der Waals surface area contributed by atoms with Crippen LogP contribution >= 0.6 is 0 Å². The van der Waals surface area contributed by atoms with E-state index in [-0.39, 0.29) is 5.41 Å². The molecule has 2 aliphatic heterocycles. The van der Waals surface area contributed by atoms with Gasteiger partial charge in [-0.25, -0.2) is 0 Å². The van der Waals surface area contributed by atoms with E-state index >= 15 is 0 Å². The average molecular weight is 421 g/mol. The molecule has 0 unspecified atom stereocenters. The summed E-state index contributed by atoms with van der Waals surface area (Å²) < 4.78 is 5.84. The van der Waals surface area contributed by atoms with Crippen molar-refractivity contribution in [3.63, 3.8) is 0 Å². The maximum atomic E-state index is 5.84. The first-order valence-corrected chi connectivity index (χ1v) is 12.0. The van der Waals surface area contributed by atoms with Crippen LogP contribution in [0.3, 0.4) is 0 Å². The maximum Gasteiger partial charge on any atom is 0.144 e. The molecule has 1 saturated heterocycles. The Bertz CT molecular complexity index is 538. The number of ether oxygens (including phenoxy) is 1. The van der Waals surface area contributed by atoms with E-state index in [1.807, 2.05) is 19.9 Å². The van der Waals surface area contributed by atoms with Gasteiger partial charge in [-0.2, -0.15) is 0 Å². The fraction of sp³-hybridized carbons (Fsp3) is 0.731. The van der Waals surface area contributed by atoms with Crippen LogP contribution in [0.5, 0.6) is 0 Å². The van der Waals surface area contributed by atoms with Crippen molar-refractivity contribution < 1.29 is 9.57 Å². The normalized spacial score (nSPS) is 17.8. The second-order valence-corrected chi connectivity index (χ2v) is 8.78. The number of allylic oxidation sites excluding steroid dienone is 3. The summed E-state index contributed by atoms with van der Waals surface area (Å²) in [6.07, 6.45) is 12.2. The molecule has 174 valence electrons. The maximum absolute atomic E-state index is 5.84. The van der Waals surface area contributed by atoms with E-state index in [9.17, 15) is 0 Å². The minimum atomic E-state index is 0.197. The molecule has 0 aromatic rings. The lowest BCUT2D eigenvalue weighted by Gasteiger charge is -2.17. The first-order chi connectivity index (χ1) is 14.4. The molecule has 0 spiro atoms. The Morgan fingerprint density at radius 3 is 2.27 bits per heavy atom. The summed E-state index contributed by atoms with van der Waals surface area (Å²) in [5.74, 6) is 0.887. The third kappa shape index (κ3) is 13.6. The number of nitrogens with one attached hydrogen (secondary N) is 1. The SMILES string of the molecule is C1CCNCC1.C=C(CCC)/C(=C\C=C1/CON=C1CC(C)(C)C)OCCC.CC. The standard InChI is InChI=1S/C19H31NO2.C5H11N.C2H6/c1-7-9-15(3)18(21-12-8-2)11-10-16-14-22-20-17(16)13-19(4,5)6;1-2-4-6-5-3-1;1-2/h10-11H,3,7-9,12-14H2,1-2,4-6H3;6H,1-5H2;1-2H3/b16-10+,18-11+;;. The molecular formula is C26H48N2O2. The highest BCUT2D eigenvalue weighted by Gasteiger charge is 2.21. The van der Waals surface area contributed by atoms with Gasteiger partial charge in [0.15, 0.2) is 0 Å². The fourth-order valence-electron chi connectivity index (χ4n) is 3.00. The van der Waals surface area contributed by atoms with Crippen LogP contribution in [0.1, 0.15) is 93.4 Å². The van der Waals surface area contributed by atoms with Gasteiger partial charge in [0.2, 0.25) is 0 Å². The lowest BCUT2D eigenvalue weighted by atomic mass is 9.87. The van der Waals surface area contributed by atoms with Crippen LogP contribution in [0, 0.1) is 5.41 Å². The van der Waals surface area contributed by atoms with Crippen molar-refractivity contribution in [3.05, 3.63) is 35.6 Å². The van der Waals surface area contributed by atoms with Crippen LogP contribution in [0.25, 0.3) is 0 Å². The molecule has 2 rings (SSSR count). The highest BCUT2D eigenvalue weighted by molar-refractivity contribution is 6.01. The molecule has 0 amide bonds. The highest BCUT2D eigenvalue weighted by Crippen LogP contribution is 2.25. The fourth-order valence-corrected chi connectivity index (χ4v) is 3.00. The van der Waals surface area contributed by atoms with E-state index in [1.54, 1.807) is 0 Å². The molecule has 0 atom stereocenters. The zero-order valence-corrected chi connectivity index (χ0v) is 20.9. The molecule has 2 heterocycles. The smallest absolute Gasteiger partial charge is 0.144 e. The van der Waals surface area contributed by atoms with E-state index < -0.39 is 0 Å². The molecule has 2 aliphatic rings. The molecule has 1 fully saturated rings. The van der Waals surface area contributed by atoms with Crippen molar-refractivity contribution in [2.45, 2.75) is 93.4 Å². The minimum absolute atomic E-state index is 0.197. The summed E-state index contributed by atoms with van der Waals surface area (Å²) in [7, 11) is 0. The van der Waals surface area contributed by atoms with Crippen LogP contribution < -0.4 is 5.32 Å². The molecular weight excluding hydrogens is 372 g/mol. The van der Waals surface area contributed by atoms with Crippen LogP contribution in [0.15, 0.2) is 40.8 Å². The molecule has 0 radical (unpaired) electrons. The van der Waals surface area contributed by atoms with Crippen LogP contribution in [0.2, 0.25) is 0 Å². The molecule has 4 nitrogen and oxygen atoms in total. The largest absolute Gasteiger partial charge is 0.493 e. The molecule has 30 heavy (non-hydrogen) atoms. The molecule has 0 saturated carbocycles. The average Bonchev–Trinajstić information content (AvgIpc) is 3.16. The van der Waals surface area contributed by atoms with E-state index in [4.69, 9.17) is 9.57 Å². The predicted molar refractivity (Wildman–Crippen MR) is 132 cm³/mol. The second-order valence-electron chi connectivity index (χ2n) is 8.78. The molecule has 0 aromatic carbocycles. The van der Waals surface area contributed by atoms with Gasteiger partial charge in [-0.05, 0) is 68.3 Å². The highest BCUT2D eigenvalue weighted by atomic mass is 16.6. The molecule has 1 N–H and O–H groups in total. The zero-order valence-electron chi connectivity index (χ0n) is 20.9. The summed E-state index contributed by atoms with van der Waals surface area (Å²) in [6, 6.07) is 0. The zero-order chi connectivity index (χ0) is 22.8. The van der Waals surface area contributed by atoms with Crippen molar-refractivity contribution in [1.29, 1.82) is 0 Å². The van der Waals surface area contributed by atoms with Gasteiger partial charge in [0, 0.05) is 5.57 Å². The van der Waals surface area contributed by atoms with Gasteiger partial charge in [-0.15, -0.1) is 0 Å². The first-order valence-electron chi connectivity index (χ1n) is 12.0. The van der Waals surface area contributed by atoms with E-state index in [0.717, 1.165) is 54.9 Å². The molecule has 0 aromatic heterocycles. The monoisotopic (exact) mass is 420 g/mol. The van der Waals surface area contributed by atoms with Crippen LogP contribution in [-0.2, 0) is 9.57 Å². The van der Waals surface area contributed by atoms with Gasteiger partial charge in [0.25, 0.3) is 0 Å². The van der Waals surface area contributed by atoms with E-state index in [2.05, 4.69) is 57.7 Å². The summed E-state index contributed by atoms with van der Waals surface area (Å²) >= 11 is 0. The lowest BCUT2D eigenvalue weighted by Crippen LogP contribution is -2.21. The molecule has 0 aliphatic carbocycles. The Labute approximate surface area is 186 Å². The van der Waals surface area contributed by atoms with Crippen LogP contribution in [-0.4, -0.2) is 32.0 Å². The topological polar surface area (TPSA) is 42.8 Å². The summed E-state index contributed by atoms with van der Waals surface area (Å²) in [5, 5.41) is 7.46. The Hall–Kier alpha value is -1.55. The van der Waals surface area contributed by atoms with Crippen molar-refractivity contribution in [3.8, 4) is 0 Å². The number of nitrogens with zero attached hydrogens (tertiary/aromatic N) is 1. The number of hydrogen-bond acceptors (Lipinski definition) is 4. The van der Waals surface area contributed by atoms with Gasteiger partial charge in [-0.3, -0.25) is 0 Å². The van der Waals surface area contributed by atoms with Gasteiger partial charge in [0.05, 0.1) is 12.3 Å². The summed E-state index contributed by atoms with van der Waals surface area (Å²) in [6.45, 7) is 22.8. The van der Waals surface area contributed by atoms with Crippen molar-refractivity contribution >= 4 is 5.71 Å². The summed E-state index contributed by atoms with van der Waals surface area (Å²) in [4.78, 5) is 5.26. The lowest BCUT2D eigenvalue weighted by molar-refractivity contribution is 0.186. The number of piperidine rings is 1. The van der Waals surface area contributed by atoms with Crippen LogP contribution in [0.4, 0.5) is 0 Å². The van der Waals surface area contributed by atoms with Gasteiger partial charge >= 0.3 is 0 Å². The number of oxime groups is 1. The Morgan fingerprint density at radius 1 is 1.13 bits per heavy atom. The first kappa shape index (κ1) is 28.5. The quantitative estimate of drug-likeness (QED) is 0.334. The Kier molecular flexibility index (Phi) is 16.3. The minimum Gasteiger partial charge on any atom is -0.493 e. The van der Waals surface area contributed by atoms with Gasteiger partial charge < -0.3 is 14.9 Å². The predicted octanol–water partition coefficient (Wildman–Crippen LogP) is 7.19. The van der Waals surface area contributed by atoms with Crippen molar-refractivity contribution in [2.24, 2.45) is 10.6 Å². The molecule has 4 heteroatoms. The van der Waals surface area contributed by atoms with E-state index in [0.29, 0.717) is 6.61 Å². The molecule has 0 bridgehead atoms. The van der Waals surface area contributed by atoms with Gasteiger partial charge in [-0.1, -0.05) is 73.0 Å². The Balaban J connectivity index is 0.000000880. The van der Waals surface area contributed by atoms with E-state index in [1.165, 1.54) is 32.4 Å². The Morgan fingerprint density at radius 2 is 1.80 bits per heavy atom. The number of rotatable bonds is 8. The van der Waals surface area contributed by atoms with Gasteiger partial charge in [0.1, 0.15) is 12.4 Å². The number of hydrogen-bond donors (Lipinski definition) is 1.